The fraction of sp³-hybridized carbons (Fsp3) is 0.250. The average molecular weight is 241 g/mol. The highest BCUT2D eigenvalue weighted by molar-refractivity contribution is 5.27. The van der Waals surface area contributed by atoms with E-state index in [-0.39, 0.29) is 0 Å². The molecule has 0 fully saturated rings. The van der Waals surface area contributed by atoms with Gasteiger partial charge in [0.2, 0.25) is 0 Å². The van der Waals surface area contributed by atoms with Crippen molar-refractivity contribution >= 4 is 0 Å². The Morgan fingerprint density at radius 2 is 2.17 bits per heavy atom. The molecule has 18 heavy (non-hydrogen) atoms. The lowest BCUT2D eigenvalue weighted by Crippen LogP contribution is -2.14. The van der Waals surface area contributed by atoms with Gasteiger partial charge >= 0.3 is 0 Å². The van der Waals surface area contributed by atoms with Crippen LogP contribution in [0, 0.1) is 0 Å². The molecule has 0 saturated heterocycles. The molecule has 2 nitrogen and oxygen atoms in total. The third-order valence-electron chi connectivity index (χ3n) is 2.90. The van der Waals surface area contributed by atoms with Gasteiger partial charge < -0.3 is 10.4 Å². The smallest absolute Gasteiger partial charge is 0.115 e. The third kappa shape index (κ3) is 4.22. The molecule has 0 aromatic heterocycles. The van der Waals surface area contributed by atoms with Gasteiger partial charge in [0.15, 0.2) is 0 Å². The lowest BCUT2D eigenvalue weighted by Gasteiger charge is -2.06. The number of phenols is 1. The van der Waals surface area contributed by atoms with E-state index in [1.54, 1.807) is 12.1 Å². The van der Waals surface area contributed by atoms with Gasteiger partial charge in [-0.2, -0.15) is 0 Å². The number of rotatable bonds is 5. The van der Waals surface area contributed by atoms with E-state index in [9.17, 15) is 5.11 Å². The van der Waals surface area contributed by atoms with Gasteiger partial charge in [0.25, 0.3) is 0 Å². The van der Waals surface area contributed by atoms with Crippen molar-refractivity contribution in [3.63, 3.8) is 0 Å². The van der Waals surface area contributed by atoms with E-state index in [0.717, 1.165) is 31.5 Å². The summed E-state index contributed by atoms with van der Waals surface area (Å²) in [6.45, 7) is 1.75. The molecule has 2 heteroatoms. The summed E-state index contributed by atoms with van der Waals surface area (Å²) in [5, 5.41) is 12.7. The molecule has 0 heterocycles. The first kappa shape index (κ1) is 12.7. The van der Waals surface area contributed by atoms with E-state index in [1.807, 2.05) is 12.1 Å². The molecule has 94 valence electrons. The number of phenolic OH excluding ortho intramolecular Hbond substituents is 1. The molecule has 0 bridgehead atoms. The van der Waals surface area contributed by atoms with Crippen LogP contribution in [0.5, 0.6) is 5.75 Å². The van der Waals surface area contributed by atoms with Crippen LogP contribution >= 0.6 is 0 Å². The van der Waals surface area contributed by atoms with Gasteiger partial charge in [-0.25, -0.2) is 0 Å². The summed E-state index contributed by atoms with van der Waals surface area (Å²) >= 11 is 0. The van der Waals surface area contributed by atoms with Crippen molar-refractivity contribution < 1.29 is 5.11 Å². The molecule has 1 aromatic carbocycles. The van der Waals surface area contributed by atoms with Crippen LogP contribution in [0.4, 0.5) is 0 Å². The first-order chi connectivity index (χ1) is 8.84. The molecule has 0 atom stereocenters. The minimum Gasteiger partial charge on any atom is -0.508 e. The van der Waals surface area contributed by atoms with E-state index in [4.69, 9.17) is 0 Å². The summed E-state index contributed by atoms with van der Waals surface area (Å²) in [5.74, 6) is 0.329. The Bertz CT molecular complexity index is 472. The zero-order valence-electron chi connectivity index (χ0n) is 10.5. The third-order valence-corrected chi connectivity index (χ3v) is 2.90. The van der Waals surface area contributed by atoms with E-state index >= 15 is 0 Å². The predicted octanol–water partition coefficient (Wildman–Crippen LogP) is 3.31. The molecular weight excluding hydrogens is 222 g/mol. The van der Waals surface area contributed by atoms with Crippen molar-refractivity contribution in [3.05, 3.63) is 65.8 Å². The molecule has 0 radical (unpaired) electrons. The molecular formula is C16H19NO. The Morgan fingerprint density at radius 1 is 1.22 bits per heavy atom. The van der Waals surface area contributed by atoms with Crippen molar-refractivity contribution in [2.75, 3.05) is 6.54 Å². The fourth-order valence-electron chi connectivity index (χ4n) is 1.94. The summed E-state index contributed by atoms with van der Waals surface area (Å²) in [6, 6.07) is 7.37. The lowest BCUT2D eigenvalue weighted by molar-refractivity contribution is 0.474. The molecule has 0 unspecified atom stereocenters. The standard InChI is InChI=1S/C16H19NO/c18-16-9-5-8-15(12-16)13-17-11-10-14-6-3-1-2-4-7-14/h1-3,5-9,12,17-18H,4,10-11,13H2. The largest absolute Gasteiger partial charge is 0.508 e. The number of hydrogen-bond acceptors (Lipinski definition) is 2. The van der Waals surface area contributed by atoms with Crippen LogP contribution in [0.15, 0.2) is 60.2 Å². The average Bonchev–Trinajstić information content (AvgIpc) is 2.63. The molecule has 1 aliphatic rings. The summed E-state index contributed by atoms with van der Waals surface area (Å²) in [7, 11) is 0. The molecule has 0 spiro atoms. The van der Waals surface area contributed by atoms with Gasteiger partial charge in [0.1, 0.15) is 5.75 Å². The van der Waals surface area contributed by atoms with Gasteiger partial charge in [-0.3, -0.25) is 0 Å². The van der Waals surface area contributed by atoms with Crippen LogP contribution in [0.2, 0.25) is 0 Å². The van der Waals surface area contributed by atoms with Crippen molar-refractivity contribution in [2.45, 2.75) is 19.4 Å². The highest BCUT2D eigenvalue weighted by atomic mass is 16.3. The minimum absolute atomic E-state index is 0.329. The maximum Gasteiger partial charge on any atom is 0.115 e. The highest BCUT2D eigenvalue weighted by Crippen LogP contribution is 2.11. The number of nitrogens with one attached hydrogen (secondary N) is 1. The topological polar surface area (TPSA) is 32.3 Å². The van der Waals surface area contributed by atoms with Crippen molar-refractivity contribution in [2.24, 2.45) is 0 Å². The SMILES string of the molecule is Oc1cccc(CNCCC2=CCC=CC=C2)c1. The summed E-state index contributed by atoms with van der Waals surface area (Å²) in [5.41, 5.74) is 2.49. The normalized spacial score (nSPS) is 14.3. The van der Waals surface area contributed by atoms with Crippen LogP contribution in [-0.2, 0) is 6.54 Å². The molecule has 1 aliphatic carbocycles. The quantitative estimate of drug-likeness (QED) is 0.775. The van der Waals surface area contributed by atoms with Crippen molar-refractivity contribution in [1.82, 2.24) is 5.32 Å². The Kier molecular flexibility index (Phi) is 4.79. The van der Waals surface area contributed by atoms with Gasteiger partial charge in [0, 0.05) is 6.54 Å². The minimum atomic E-state index is 0.329. The predicted molar refractivity (Wildman–Crippen MR) is 75.4 cm³/mol. The van der Waals surface area contributed by atoms with Gasteiger partial charge in [0.05, 0.1) is 0 Å². The monoisotopic (exact) mass is 241 g/mol. The van der Waals surface area contributed by atoms with E-state index in [2.05, 4.69) is 35.7 Å². The molecule has 0 saturated carbocycles. The van der Waals surface area contributed by atoms with Crippen molar-refractivity contribution in [1.29, 1.82) is 0 Å². The van der Waals surface area contributed by atoms with Gasteiger partial charge in [-0.15, -0.1) is 0 Å². The molecule has 1 aromatic rings. The van der Waals surface area contributed by atoms with Gasteiger partial charge in [-0.05, 0) is 37.1 Å². The van der Waals surface area contributed by atoms with Crippen LogP contribution in [0.1, 0.15) is 18.4 Å². The number of benzene rings is 1. The van der Waals surface area contributed by atoms with Crippen LogP contribution in [0.25, 0.3) is 0 Å². The second-order valence-corrected chi connectivity index (χ2v) is 4.40. The summed E-state index contributed by atoms with van der Waals surface area (Å²) in [6.07, 6.45) is 12.8. The summed E-state index contributed by atoms with van der Waals surface area (Å²) < 4.78 is 0. The Labute approximate surface area is 108 Å². The van der Waals surface area contributed by atoms with Crippen LogP contribution in [-0.4, -0.2) is 11.7 Å². The Balaban J connectivity index is 1.71. The van der Waals surface area contributed by atoms with Crippen LogP contribution < -0.4 is 5.32 Å². The van der Waals surface area contributed by atoms with Crippen molar-refractivity contribution in [3.8, 4) is 5.75 Å². The zero-order chi connectivity index (χ0) is 12.6. The van der Waals surface area contributed by atoms with E-state index < -0.39 is 0 Å². The van der Waals surface area contributed by atoms with E-state index in [1.165, 1.54) is 5.57 Å². The van der Waals surface area contributed by atoms with Gasteiger partial charge in [-0.1, -0.05) is 48.1 Å². The Hall–Kier alpha value is -1.80. The second-order valence-electron chi connectivity index (χ2n) is 4.40. The number of aromatic hydroxyl groups is 1. The number of allylic oxidation sites excluding steroid dienone is 5. The maximum absolute atomic E-state index is 9.35. The van der Waals surface area contributed by atoms with E-state index in [0.29, 0.717) is 5.75 Å². The van der Waals surface area contributed by atoms with Crippen LogP contribution in [0.3, 0.4) is 0 Å². The maximum atomic E-state index is 9.35. The highest BCUT2D eigenvalue weighted by Gasteiger charge is 1.96. The first-order valence-electron chi connectivity index (χ1n) is 6.35. The molecule has 0 aliphatic heterocycles. The molecule has 2 N–H and O–H groups in total. The molecule has 2 rings (SSSR count). The zero-order valence-corrected chi connectivity index (χ0v) is 10.5. The fourth-order valence-corrected chi connectivity index (χ4v) is 1.94. The summed E-state index contributed by atoms with van der Waals surface area (Å²) in [4.78, 5) is 0. The first-order valence-corrected chi connectivity index (χ1v) is 6.35. The lowest BCUT2D eigenvalue weighted by atomic mass is 10.1. The number of hydrogen-bond donors (Lipinski definition) is 2. The second kappa shape index (κ2) is 6.82. The Morgan fingerprint density at radius 3 is 3.06 bits per heavy atom. The molecule has 0 amide bonds.